The fraction of sp³-hybridized carbons (Fsp3) is 0.300. The molecule has 1 aromatic rings. The second-order valence-electron chi connectivity index (χ2n) is 3.30. The summed E-state index contributed by atoms with van der Waals surface area (Å²) in [7, 11) is 0. The molecule has 0 aliphatic carbocycles. The van der Waals surface area contributed by atoms with E-state index in [0.29, 0.717) is 6.07 Å². The maximum Gasteiger partial charge on any atom is 0.433 e. The molecular weight excluding hydrogens is 265 g/mol. The predicted molar refractivity (Wildman–Crippen MR) is 58.0 cm³/mol. The van der Waals surface area contributed by atoms with Crippen molar-refractivity contribution in [2.24, 2.45) is 5.73 Å². The molecule has 0 spiro atoms. The van der Waals surface area contributed by atoms with E-state index in [1.54, 1.807) is 6.07 Å². The van der Waals surface area contributed by atoms with Crippen LogP contribution in [0.3, 0.4) is 0 Å². The first kappa shape index (κ1) is 14.6. The average Bonchev–Trinajstić information content (AvgIpc) is 2.33. The maximum absolute atomic E-state index is 12.4. The molecule has 102 valence electrons. The van der Waals surface area contributed by atoms with Gasteiger partial charge in [-0.15, -0.1) is 0 Å². The number of nitriles is 1. The normalized spacial score (nSPS) is 10.6. The van der Waals surface area contributed by atoms with Crippen molar-refractivity contribution in [1.29, 1.82) is 5.26 Å². The first-order valence-electron chi connectivity index (χ1n) is 4.99. The van der Waals surface area contributed by atoms with E-state index in [2.05, 4.69) is 15.0 Å². The van der Waals surface area contributed by atoms with Crippen molar-refractivity contribution in [1.82, 2.24) is 4.98 Å². The van der Waals surface area contributed by atoms with Crippen LogP contribution in [0.4, 0.5) is 23.8 Å². The topological polar surface area (TPSA) is 101 Å². The molecule has 0 bridgehead atoms. The third-order valence-corrected chi connectivity index (χ3v) is 1.94. The number of carbonyl (C=O) groups excluding carboxylic acids is 1. The van der Waals surface area contributed by atoms with Gasteiger partial charge in [-0.3, -0.25) is 0 Å². The Bertz CT molecular complexity index is 510. The Morgan fingerprint density at radius 2 is 2.21 bits per heavy atom. The summed E-state index contributed by atoms with van der Waals surface area (Å²) in [5.74, 6) is -0.231. The minimum absolute atomic E-state index is 0.0219. The maximum atomic E-state index is 12.4. The molecule has 1 aromatic heterocycles. The molecule has 0 unspecified atom stereocenters. The Morgan fingerprint density at radius 1 is 1.53 bits per heavy atom. The molecule has 0 atom stereocenters. The molecule has 3 N–H and O–H groups in total. The zero-order chi connectivity index (χ0) is 14.5. The molecule has 0 aliphatic heterocycles. The Kier molecular flexibility index (Phi) is 4.52. The lowest BCUT2D eigenvalue weighted by atomic mass is 10.2. The highest BCUT2D eigenvalue weighted by atomic mass is 19.4. The first-order chi connectivity index (χ1) is 8.84. The van der Waals surface area contributed by atoms with Crippen LogP contribution < -0.4 is 11.1 Å². The van der Waals surface area contributed by atoms with E-state index in [9.17, 15) is 18.0 Å². The van der Waals surface area contributed by atoms with Crippen LogP contribution in [0.15, 0.2) is 12.1 Å². The highest BCUT2D eigenvalue weighted by molar-refractivity contribution is 5.64. The number of halogens is 3. The summed E-state index contributed by atoms with van der Waals surface area (Å²) in [5.41, 5.74) is 3.53. The van der Waals surface area contributed by atoms with Crippen molar-refractivity contribution >= 4 is 11.9 Å². The summed E-state index contributed by atoms with van der Waals surface area (Å²) in [5, 5.41) is 11.2. The molecule has 0 aromatic carbocycles. The number of nitrogens with one attached hydrogen (secondary N) is 1. The number of pyridine rings is 1. The van der Waals surface area contributed by atoms with Crippen LogP contribution >= 0.6 is 0 Å². The minimum Gasteiger partial charge on any atom is -0.448 e. The standard InChI is InChI=1S/C10H9F3N4O2/c11-10(12,13)7-2-1-6(5-14)8(17-7)16-3-4-19-9(15)18/h1-2H,3-4H2,(H2,15,18)(H,16,17). The van der Waals surface area contributed by atoms with Gasteiger partial charge in [-0.2, -0.15) is 18.4 Å². The third-order valence-electron chi connectivity index (χ3n) is 1.94. The molecule has 9 heteroatoms. The Hall–Kier alpha value is -2.50. The van der Waals surface area contributed by atoms with Gasteiger partial charge in [0.1, 0.15) is 24.2 Å². The minimum atomic E-state index is -4.60. The number of primary amides is 1. The van der Waals surface area contributed by atoms with Gasteiger partial charge in [0.15, 0.2) is 0 Å². The number of ether oxygens (including phenoxy) is 1. The number of hydrogen-bond donors (Lipinski definition) is 2. The summed E-state index contributed by atoms with van der Waals surface area (Å²) in [6.07, 6.45) is -5.60. The van der Waals surface area contributed by atoms with Crippen LogP contribution in [0.1, 0.15) is 11.3 Å². The van der Waals surface area contributed by atoms with E-state index >= 15 is 0 Å². The van der Waals surface area contributed by atoms with E-state index < -0.39 is 18.0 Å². The highest BCUT2D eigenvalue weighted by Gasteiger charge is 2.33. The number of aromatic nitrogens is 1. The van der Waals surface area contributed by atoms with Gasteiger partial charge in [-0.05, 0) is 12.1 Å². The third kappa shape index (κ3) is 4.34. The Morgan fingerprint density at radius 3 is 2.74 bits per heavy atom. The van der Waals surface area contributed by atoms with Crippen molar-refractivity contribution in [3.8, 4) is 6.07 Å². The number of rotatable bonds is 4. The quantitative estimate of drug-likeness (QED) is 0.810. The van der Waals surface area contributed by atoms with E-state index in [1.165, 1.54) is 0 Å². The van der Waals surface area contributed by atoms with Crippen molar-refractivity contribution in [3.05, 3.63) is 23.4 Å². The Balaban J connectivity index is 2.80. The lowest BCUT2D eigenvalue weighted by Crippen LogP contribution is -2.19. The lowest BCUT2D eigenvalue weighted by molar-refractivity contribution is -0.141. The predicted octanol–water partition coefficient (Wildman–Crippen LogP) is 1.48. The summed E-state index contributed by atoms with van der Waals surface area (Å²) in [6.45, 7) is -0.177. The number of hydrogen-bond acceptors (Lipinski definition) is 5. The van der Waals surface area contributed by atoms with Crippen LogP contribution in [0.2, 0.25) is 0 Å². The monoisotopic (exact) mass is 274 g/mol. The molecule has 1 amide bonds. The van der Waals surface area contributed by atoms with Gasteiger partial charge in [0.25, 0.3) is 0 Å². The SMILES string of the molecule is N#Cc1ccc(C(F)(F)F)nc1NCCOC(N)=O. The van der Waals surface area contributed by atoms with Gasteiger partial charge in [0.05, 0.1) is 12.1 Å². The summed E-state index contributed by atoms with van der Waals surface area (Å²) >= 11 is 0. The molecule has 0 aliphatic rings. The van der Waals surface area contributed by atoms with Crippen LogP contribution in [0.25, 0.3) is 0 Å². The van der Waals surface area contributed by atoms with E-state index in [0.717, 1.165) is 6.07 Å². The fourth-order valence-corrected chi connectivity index (χ4v) is 1.16. The summed E-state index contributed by atoms with van der Waals surface area (Å²) < 4.78 is 41.7. The number of alkyl halides is 3. The molecule has 1 heterocycles. The van der Waals surface area contributed by atoms with Crippen molar-refractivity contribution < 1.29 is 22.7 Å². The number of nitrogens with two attached hydrogens (primary N) is 1. The van der Waals surface area contributed by atoms with Crippen LogP contribution in [0, 0.1) is 11.3 Å². The first-order valence-corrected chi connectivity index (χ1v) is 4.99. The van der Waals surface area contributed by atoms with Gasteiger partial charge in [0.2, 0.25) is 0 Å². The van der Waals surface area contributed by atoms with Gasteiger partial charge < -0.3 is 15.8 Å². The van der Waals surface area contributed by atoms with Gasteiger partial charge in [0, 0.05) is 0 Å². The molecule has 0 saturated heterocycles. The highest BCUT2D eigenvalue weighted by Crippen LogP contribution is 2.29. The van der Waals surface area contributed by atoms with Crippen LogP contribution in [-0.4, -0.2) is 24.2 Å². The smallest absolute Gasteiger partial charge is 0.433 e. The van der Waals surface area contributed by atoms with E-state index in [1.807, 2.05) is 0 Å². The van der Waals surface area contributed by atoms with Crippen LogP contribution in [0.5, 0.6) is 0 Å². The number of nitrogens with zero attached hydrogens (tertiary/aromatic N) is 2. The summed E-state index contributed by atoms with van der Waals surface area (Å²) in [6, 6.07) is 3.42. The molecule has 6 nitrogen and oxygen atoms in total. The van der Waals surface area contributed by atoms with Crippen molar-refractivity contribution in [3.63, 3.8) is 0 Å². The number of carbonyl (C=O) groups is 1. The molecule has 1 rings (SSSR count). The fourth-order valence-electron chi connectivity index (χ4n) is 1.16. The molecule has 0 saturated carbocycles. The zero-order valence-corrected chi connectivity index (χ0v) is 9.49. The lowest BCUT2D eigenvalue weighted by Gasteiger charge is -2.10. The second kappa shape index (κ2) is 5.90. The largest absolute Gasteiger partial charge is 0.448 e. The molecule has 0 radical (unpaired) electrons. The Labute approximate surface area is 106 Å². The molecule has 19 heavy (non-hydrogen) atoms. The van der Waals surface area contributed by atoms with Gasteiger partial charge in [-0.1, -0.05) is 0 Å². The second-order valence-corrected chi connectivity index (χ2v) is 3.30. The van der Waals surface area contributed by atoms with Crippen LogP contribution in [-0.2, 0) is 10.9 Å². The molecular formula is C10H9F3N4O2. The van der Waals surface area contributed by atoms with Gasteiger partial charge >= 0.3 is 12.3 Å². The average molecular weight is 274 g/mol. The number of amides is 1. The van der Waals surface area contributed by atoms with E-state index in [-0.39, 0.29) is 24.5 Å². The zero-order valence-electron chi connectivity index (χ0n) is 9.49. The van der Waals surface area contributed by atoms with E-state index in [4.69, 9.17) is 11.0 Å². The molecule has 0 fully saturated rings. The van der Waals surface area contributed by atoms with Crippen molar-refractivity contribution in [2.45, 2.75) is 6.18 Å². The summed E-state index contributed by atoms with van der Waals surface area (Å²) in [4.78, 5) is 13.6. The number of anilines is 1. The van der Waals surface area contributed by atoms with Crippen molar-refractivity contribution in [2.75, 3.05) is 18.5 Å². The van der Waals surface area contributed by atoms with Gasteiger partial charge in [-0.25, -0.2) is 9.78 Å².